The highest BCUT2D eigenvalue weighted by molar-refractivity contribution is 5.59. The van der Waals surface area contributed by atoms with Gasteiger partial charge in [-0.2, -0.15) is 0 Å². The Bertz CT molecular complexity index is 283. The van der Waals surface area contributed by atoms with Crippen molar-refractivity contribution in [2.75, 3.05) is 6.61 Å². The van der Waals surface area contributed by atoms with Gasteiger partial charge in [0, 0.05) is 18.7 Å². The van der Waals surface area contributed by atoms with Gasteiger partial charge in [-0.3, -0.25) is 0 Å². The summed E-state index contributed by atoms with van der Waals surface area (Å²) >= 11 is 0. The van der Waals surface area contributed by atoms with E-state index >= 15 is 0 Å². The Morgan fingerprint density at radius 2 is 1.30 bits per heavy atom. The van der Waals surface area contributed by atoms with E-state index in [-0.39, 0.29) is 18.4 Å². The summed E-state index contributed by atoms with van der Waals surface area (Å²) < 4.78 is 0. The lowest BCUT2D eigenvalue weighted by Gasteiger charge is -2.14. The number of rotatable bonds is 14. The number of aliphatic hydroxyl groups excluding tert-OH is 1. The molecule has 0 fully saturated rings. The van der Waals surface area contributed by atoms with Crippen LogP contribution in [0.15, 0.2) is 12.7 Å². The zero-order valence-corrected chi connectivity index (χ0v) is 12.4. The Balaban J connectivity index is 3.86. The molecule has 0 aromatic carbocycles. The van der Waals surface area contributed by atoms with Gasteiger partial charge in [-0.05, 0) is 56.4 Å². The maximum absolute atomic E-state index is 8.87. The van der Waals surface area contributed by atoms with Crippen molar-refractivity contribution in [3.63, 3.8) is 0 Å². The molecular formula is C16H29N3O. The average Bonchev–Trinajstić information content (AvgIpc) is 2.48. The molecule has 0 heterocycles. The standard InChI is InChI=1S/C16H29N3O/c1-2-14(11-17)5-3-6-15(12-18)7-4-8-16(13-19)9-10-20/h2,11-20H,1,3-10H2/t14?,15-,16-/m1/s1. The van der Waals surface area contributed by atoms with Crippen molar-refractivity contribution in [3.05, 3.63) is 12.7 Å². The van der Waals surface area contributed by atoms with Crippen LogP contribution in [0.4, 0.5) is 0 Å². The number of hydrogen-bond donors (Lipinski definition) is 4. The van der Waals surface area contributed by atoms with Crippen LogP contribution in [0.2, 0.25) is 0 Å². The maximum atomic E-state index is 8.87. The normalized spacial score (nSPS) is 15.1. The van der Waals surface area contributed by atoms with Crippen molar-refractivity contribution in [2.24, 2.45) is 17.8 Å². The lowest BCUT2D eigenvalue weighted by atomic mass is 9.91. The van der Waals surface area contributed by atoms with Gasteiger partial charge in [-0.1, -0.05) is 18.9 Å². The Labute approximate surface area is 122 Å². The molecule has 0 saturated heterocycles. The Kier molecular flexibility index (Phi) is 11.9. The van der Waals surface area contributed by atoms with Crippen LogP contribution in [-0.2, 0) is 0 Å². The summed E-state index contributed by atoms with van der Waals surface area (Å²) in [6.45, 7) is 3.85. The van der Waals surface area contributed by atoms with Gasteiger partial charge >= 0.3 is 0 Å². The molecule has 0 aliphatic heterocycles. The number of nitrogens with one attached hydrogen (secondary N) is 3. The smallest absolute Gasteiger partial charge is 0.0437 e. The van der Waals surface area contributed by atoms with E-state index in [1.807, 2.05) is 0 Å². The van der Waals surface area contributed by atoms with E-state index in [9.17, 15) is 0 Å². The van der Waals surface area contributed by atoms with Crippen molar-refractivity contribution in [1.82, 2.24) is 0 Å². The second-order valence-electron chi connectivity index (χ2n) is 5.29. The van der Waals surface area contributed by atoms with Crippen LogP contribution < -0.4 is 0 Å². The molecule has 114 valence electrons. The lowest BCUT2D eigenvalue weighted by molar-refractivity contribution is 0.270. The Morgan fingerprint density at radius 1 is 0.800 bits per heavy atom. The third-order valence-corrected chi connectivity index (χ3v) is 3.75. The highest BCUT2D eigenvalue weighted by atomic mass is 16.3. The summed E-state index contributed by atoms with van der Waals surface area (Å²) in [5, 5.41) is 30.9. The molecular weight excluding hydrogens is 250 g/mol. The van der Waals surface area contributed by atoms with E-state index in [4.69, 9.17) is 21.3 Å². The van der Waals surface area contributed by atoms with E-state index < -0.39 is 0 Å². The van der Waals surface area contributed by atoms with Crippen molar-refractivity contribution < 1.29 is 5.11 Å². The molecule has 0 aromatic rings. The zero-order chi connectivity index (χ0) is 15.2. The summed E-state index contributed by atoms with van der Waals surface area (Å²) in [6, 6.07) is 0. The quantitative estimate of drug-likeness (QED) is 0.283. The summed E-state index contributed by atoms with van der Waals surface area (Å²) in [4.78, 5) is 0. The molecule has 0 bridgehead atoms. The molecule has 0 aromatic heterocycles. The fourth-order valence-electron chi connectivity index (χ4n) is 2.32. The first-order valence-corrected chi connectivity index (χ1v) is 7.47. The first-order chi connectivity index (χ1) is 9.71. The zero-order valence-electron chi connectivity index (χ0n) is 12.4. The minimum absolute atomic E-state index is 0.139. The van der Waals surface area contributed by atoms with Gasteiger partial charge in [0.25, 0.3) is 0 Å². The molecule has 0 amide bonds. The number of allylic oxidation sites excluding steroid dienone is 1. The van der Waals surface area contributed by atoms with Crippen LogP contribution in [0.25, 0.3) is 0 Å². The minimum atomic E-state index is 0.139. The van der Waals surface area contributed by atoms with Crippen molar-refractivity contribution in [2.45, 2.75) is 44.9 Å². The van der Waals surface area contributed by atoms with Gasteiger partial charge in [0.1, 0.15) is 0 Å². The van der Waals surface area contributed by atoms with Crippen LogP contribution in [0, 0.1) is 34.0 Å². The van der Waals surface area contributed by atoms with E-state index in [0.29, 0.717) is 12.3 Å². The predicted octanol–water partition coefficient (Wildman–Crippen LogP) is 3.69. The van der Waals surface area contributed by atoms with Gasteiger partial charge in [0.2, 0.25) is 0 Å². The van der Waals surface area contributed by atoms with Crippen LogP contribution in [0.1, 0.15) is 44.9 Å². The molecule has 0 aliphatic carbocycles. The fraction of sp³-hybridized carbons (Fsp3) is 0.688. The van der Waals surface area contributed by atoms with Gasteiger partial charge in [0.15, 0.2) is 0 Å². The first-order valence-electron chi connectivity index (χ1n) is 7.47. The Morgan fingerprint density at radius 3 is 1.70 bits per heavy atom. The first kappa shape index (κ1) is 18.7. The monoisotopic (exact) mass is 279 g/mol. The van der Waals surface area contributed by atoms with E-state index in [2.05, 4.69) is 6.58 Å². The molecule has 0 spiro atoms. The van der Waals surface area contributed by atoms with Crippen LogP contribution >= 0.6 is 0 Å². The molecule has 4 N–H and O–H groups in total. The second-order valence-corrected chi connectivity index (χ2v) is 5.29. The van der Waals surface area contributed by atoms with Crippen molar-refractivity contribution in [3.8, 4) is 0 Å². The number of hydrogen-bond acceptors (Lipinski definition) is 4. The molecule has 0 aliphatic rings. The largest absolute Gasteiger partial charge is 0.396 e. The molecule has 3 atom stereocenters. The predicted molar refractivity (Wildman–Crippen MR) is 86.4 cm³/mol. The summed E-state index contributed by atoms with van der Waals surface area (Å²) in [7, 11) is 0. The maximum Gasteiger partial charge on any atom is 0.0437 e. The second kappa shape index (κ2) is 12.7. The highest BCUT2D eigenvalue weighted by Gasteiger charge is 2.09. The molecule has 0 rings (SSSR count). The molecule has 20 heavy (non-hydrogen) atoms. The SMILES string of the molecule is C=CC(C=N)CCC[C@@H](C=N)CCC[C@@H](C=N)CCO. The van der Waals surface area contributed by atoms with E-state index in [0.717, 1.165) is 38.5 Å². The molecule has 0 saturated carbocycles. The topological polar surface area (TPSA) is 91.8 Å². The summed E-state index contributed by atoms with van der Waals surface area (Å²) in [5.74, 6) is 0.634. The van der Waals surface area contributed by atoms with Crippen LogP contribution in [0.3, 0.4) is 0 Å². The Hall–Kier alpha value is -1.29. The third kappa shape index (κ3) is 8.75. The summed E-state index contributed by atoms with van der Waals surface area (Å²) in [6.07, 6.45) is 12.7. The summed E-state index contributed by atoms with van der Waals surface area (Å²) in [5.41, 5.74) is 0. The molecule has 4 heteroatoms. The van der Waals surface area contributed by atoms with Crippen LogP contribution in [-0.4, -0.2) is 30.4 Å². The third-order valence-electron chi connectivity index (χ3n) is 3.75. The van der Waals surface area contributed by atoms with Gasteiger partial charge in [-0.25, -0.2) is 0 Å². The van der Waals surface area contributed by atoms with Gasteiger partial charge in [0.05, 0.1) is 0 Å². The molecule has 4 nitrogen and oxygen atoms in total. The molecule has 1 unspecified atom stereocenters. The molecule has 0 radical (unpaired) electrons. The lowest BCUT2D eigenvalue weighted by Crippen LogP contribution is -2.08. The average molecular weight is 279 g/mol. The number of aliphatic hydroxyl groups is 1. The highest BCUT2D eigenvalue weighted by Crippen LogP contribution is 2.19. The van der Waals surface area contributed by atoms with Gasteiger partial charge < -0.3 is 21.3 Å². The van der Waals surface area contributed by atoms with Gasteiger partial charge in [-0.15, -0.1) is 6.58 Å². The van der Waals surface area contributed by atoms with E-state index in [1.54, 1.807) is 6.08 Å². The van der Waals surface area contributed by atoms with E-state index in [1.165, 1.54) is 18.6 Å². The fourth-order valence-corrected chi connectivity index (χ4v) is 2.32. The minimum Gasteiger partial charge on any atom is -0.396 e. The van der Waals surface area contributed by atoms with Crippen LogP contribution in [0.5, 0.6) is 0 Å². The van der Waals surface area contributed by atoms with Crippen molar-refractivity contribution in [1.29, 1.82) is 16.2 Å². The van der Waals surface area contributed by atoms with Crippen molar-refractivity contribution >= 4 is 18.6 Å².